The Bertz CT molecular complexity index is 298. The van der Waals surface area contributed by atoms with Gasteiger partial charge in [-0.2, -0.15) is 0 Å². The molecule has 3 atom stereocenters. The molecule has 0 amide bonds. The maximum absolute atomic E-state index is 6.05. The van der Waals surface area contributed by atoms with Gasteiger partial charge < -0.3 is 0 Å². The van der Waals surface area contributed by atoms with E-state index in [9.17, 15) is 0 Å². The average Bonchev–Trinajstić information content (AvgIpc) is 2.67. The molecule has 2 aliphatic rings. The highest BCUT2D eigenvalue weighted by Gasteiger charge is 2.41. The number of rotatable bonds is 4. The van der Waals surface area contributed by atoms with E-state index in [2.05, 4.69) is 38.0 Å². The van der Waals surface area contributed by atoms with E-state index in [4.69, 9.17) is 5.84 Å². The van der Waals surface area contributed by atoms with Crippen molar-refractivity contribution in [3.8, 4) is 0 Å². The highest BCUT2D eigenvalue weighted by molar-refractivity contribution is 4.98. The minimum Gasteiger partial charge on any atom is -0.297 e. The second kappa shape index (κ2) is 7.43. The molecule has 3 nitrogen and oxygen atoms in total. The number of hydrogen-bond donors (Lipinski definition) is 2. The summed E-state index contributed by atoms with van der Waals surface area (Å²) in [5.41, 5.74) is 3.38. The molecule has 0 bridgehead atoms. The van der Waals surface area contributed by atoms with Crippen molar-refractivity contribution in [1.82, 2.24) is 10.3 Å². The molecule has 0 aromatic heterocycles. The highest BCUT2D eigenvalue weighted by Crippen LogP contribution is 2.39. The zero-order chi connectivity index (χ0) is 15.5. The Morgan fingerprint density at radius 2 is 1.48 bits per heavy atom. The fraction of sp³-hybridized carbons (Fsp3) is 1.00. The lowest BCUT2D eigenvalue weighted by Gasteiger charge is -2.49. The van der Waals surface area contributed by atoms with Crippen LogP contribution in [0.2, 0.25) is 0 Å². The zero-order valence-corrected chi connectivity index (χ0v) is 14.7. The molecular weight excluding hydrogens is 258 g/mol. The number of hydrogen-bond acceptors (Lipinski definition) is 3. The minimum absolute atomic E-state index is 0.153. The molecule has 1 aliphatic heterocycles. The van der Waals surface area contributed by atoms with Gasteiger partial charge in [-0.1, -0.05) is 26.7 Å². The monoisotopic (exact) mass is 295 g/mol. The van der Waals surface area contributed by atoms with E-state index in [0.717, 1.165) is 11.8 Å². The van der Waals surface area contributed by atoms with Gasteiger partial charge in [-0.3, -0.25) is 16.2 Å². The van der Waals surface area contributed by atoms with Crippen molar-refractivity contribution in [2.24, 2.45) is 23.6 Å². The molecule has 2 fully saturated rings. The summed E-state index contributed by atoms with van der Waals surface area (Å²) < 4.78 is 0. The molecule has 0 radical (unpaired) electrons. The van der Waals surface area contributed by atoms with Crippen LogP contribution in [0.5, 0.6) is 0 Å². The number of nitrogens with one attached hydrogen (secondary N) is 1. The second-order valence-corrected chi connectivity index (χ2v) is 8.38. The Labute approximate surface area is 132 Å². The minimum atomic E-state index is 0.153. The first-order valence-corrected chi connectivity index (χ1v) is 9.16. The van der Waals surface area contributed by atoms with E-state index < -0.39 is 0 Å². The molecule has 0 aromatic carbocycles. The van der Waals surface area contributed by atoms with E-state index in [1.807, 2.05) is 0 Å². The topological polar surface area (TPSA) is 41.3 Å². The normalized spacial score (nSPS) is 34.4. The van der Waals surface area contributed by atoms with Crippen molar-refractivity contribution in [2.45, 2.75) is 84.2 Å². The molecule has 124 valence electrons. The third kappa shape index (κ3) is 4.20. The zero-order valence-electron chi connectivity index (χ0n) is 14.7. The first-order valence-electron chi connectivity index (χ1n) is 9.16. The van der Waals surface area contributed by atoms with Gasteiger partial charge in [0.1, 0.15) is 0 Å². The summed E-state index contributed by atoms with van der Waals surface area (Å²) in [7, 11) is 0. The van der Waals surface area contributed by atoms with E-state index in [0.29, 0.717) is 12.0 Å². The quantitative estimate of drug-likeness (QED) is 0.615. The van der Waals surface area contributed by atoms with Crippen LogP contribution in [0.4, 0.5) is 0 Å². The standard InChI is InChI=1S/C18H37N3/c1-14-11-15(2)13-16(12-14)17(20-19)18(3,4)21-9-7-5-6-8-10-21/h14-17,20H,5-13,19H2,1-4H3. The van der Waals surface area contributed by atoms with Gasteiger partial charge in [-0.05, 0) is 76.8 Å². The predicted octanol–water partition coefficient (Wildman–Crippen LogP) is 3.55. The van der Waals surface area contributed by atoms with Gasteiger partial charge in [0.15, 0.2) is 0 Å². The third-order valence-corrected chi connectivity index (χ3v) is 6.05. The van der Waals surface area contributed by atoms with E-state index in [1.165, 1.54) is 58.0 Å². The van der Waals surface area contributed by atoms with Crippen molar-refractivity contribution in [1.29, 1.82) is 0 Å². The molecule has 1 heterocycles. The summed E-state index contributed by atoms with van der Waals surface area (Å²) in [5, 5.41) is 0. The third-order valence-electron chi connectivity index (χ3n) is 6.05. The number of hydrazine groups is 1. The van der Waals surface area contributed by atoms with Crippen molar-refractivity contribution >= 4 is 0 Å². The summed E-state index contributed by atoms with van der Waals surface area (Å²) in [6.45, 7) is 12.1. The predicted molar refractivity (Wildman–Crippen MR) is 90.9 cm³/mol. The van der Waals surface area contributed by atoms with Crippen molar-refractivity contribution in [2.75, 3.05) is 13.1 Å². The molecule has 1 saturated carbocycles. The lowest BCUT2D eigenvalue weighted by atomic mass is 9.69. The summed E-state index contributed by atoms with van der Waals surface area (Å²) >= 11 is 0. The number of nitrogens with two attached hydrogens (primary N) is 1. The SMILES string of the molecule is CC1CC(C)CC(C(NN)C(C)(C)N2CCCCCC2)C1. The van der Waals surface area contributed by atoms with Gasteiger partial charge in [-0.25, -0.2) is 0 Å². The lowest BCUT2D eigenvalue weighted by molar-refractivity contribution is 0.0354. The molecule has 3 heteroatoms. The van der Waals surface area contributed by atoms with Crippen molar-refractivity contribution in [3.05, 3.63) is 0 Å². The lowest BCUT2D eigenvalue weighted by Crippen LogP contribution is -2.63. The summed E-state index contributed by atoms with van der Waals surface area (Å²) in [6, 6.07) is 0.404. The summed E-state index contributed by atoms with van der Waals surface area (Å²) in [6.07, 6.45) is 9.52. The number of likely N-dealkylation sites (tertiary alicyclic amines) is 1. The Morgan fingerprint density at radius 3 is 1.95 bits per heavy atom. The highest BCUT2D eigenvalue weighted by atomic mass is 15.3. The van der Waals surface area contributed by atoms with Gasteiger partial charge in [0.05, 0.1) is 0 Å². The molecule has 1 saturated heterocycles. The van der Waals surface area contributed by atoms with Crippen LogP contribution < -0.4 is 11.3 Å². The van der Waals surface area contributed by atoms with E-state index >= 15 is 0 Å². The summed E-state index contributed by atoms with van der Waals surface area (Å²) in [4.78, 5) is 2.70. The molecule has 3 unspecified atom stereocenters. The van der Waals surface area contributed by atoms with Gasteiger partial charge in [0.25, 0.3) is 0 Å². The van der Waals surface area contributed by atoms with Crippen molar-refractivity contribution < 1.29 is 0 Å². The van der Waals surface area contributed by atoms with Crippen LogP contribution in [0, 0.1) is 17.8 Å². The smallest absolute Gasteiger partial charge is 0.0417 e. The molecule has 0 aromatic rings. The maximum atomic E-state index is 6.05. The first kappa shape index (κ1) is 17.2. The van der Waals surface area contributed by atoms with E-state index in [1.54, 1.807) is 0 Å². The largest absolute Gasteiger partial charge is 0.297 e. The van der Waals surface area contributed by atoms with Crippen LogP contribution in [0.3, 0.4) is 0 Å². The van der Waals surface area contributed by atoms with Gasteiger partial charge >= 0.3 is 0 Å². The Balaban J connectivity index is 2.09. The molecular formula is C18H37N3. The van der Waals surface area contributed by atoms with Gasteiger partial charge in [-0.15, -0.1) is 0 Å². The van der Waals surface area contributed by atoms with Gasteiger partial charge in [0, 0.05) is 11.6 Å². The Morgan fingerprint density at radius 1 is 0.952 bits per heavy atom. The fourth-order valence-electron chi connectivity index (χ4n) is 5.04. The average molecular weight is 296 g/mol. The molecule has 21 heavy (non-hydrogen) atoms. The first-order chi connectivity index (χ1) is 9.95. The fourth-order valence-corrected chi connectivity index (χ4v) is 5.04. The van der Waals surface area contributed by atoms with E-state index in [-0.39, 0.29) is 5.54 Å². The Kier molecular flexibility index (Phi) is 6.10. The Hall–Kier alpha value is -0.120. The van der Waals surface area contributed by atoms with Crippen LogP contribution in [0.25, 0.3) is 0 Å². The van der Waals surface area contributed by atoms with Gasteiger partial charge in [0.2, 0.25) is 0 Å². The number of nitrogens with zero attached hydrogens (tertiary/aromatic N) is 1. The van der Waals surface area contributed by atoms with Crippen LogP contribution in [-0.4, -0.2) is 29.6 Å². The van der Waals surface area contributed by atoms with Crippen LogP contribution in [0.15, 0.2) is 0 Å². The second-order valence-electron chi connectivity index (χ2n) is 8.38. The molecule has 1 aliphatic carbocycles. The van der Waals surface area contributed by atoms with Crippen LogP contribution >= 0.6 is 0 Å². The maximum Gasteiger partial charge on any atom is 0.0417 e. The molecule has 2 rings (SSSR count). The molecule has 0 spiro atoms. The van der Waals surface area contributed by atoms with Crippen LogP contribution in [0.1, 0.15) is 72.6 Å². The van der Waals surface area contributed by atoms with Crippen molar-refractivity contribution in [3.63, 3.8) is 0 Å². The van der Waals surface area contributed by atoms with Crippen LogP contribution in [-0.2, 0) is 0 Å². The molecule has 3 N–H and O–H groups in total. The summed E-state index contributed by atoms with van der Waals surface area (Å²) in [5.74, 6) is 8.45.